The maximum absolute atomic E-state index is 12.7. The molecule has 0 spiro atoms. The highest BCUT2D eigenvalue weighted by molar-refractivity contribution is 6.03. The Morgan fingerprint density at radius 3 is 2.53 bits per heavy atom. The van der Waals surface area contributed by atoms with E-state index >= 15 is 0 Å². The first-order valence-electron chi connectivity index (χ1n) is 10.8. The number of likely N-dealkylation sites (N-methyl/N-ethyl adjacent to an activating group) is 1. The van der Waals surface area contributed by atoms with Crippen molar-refractivity contribution < 1.29 is 18.7 Å². The molecule has 0 unspecified atom stereocenters. The average molecular weight is 436 g/mol. The van der Waals surface area contributed by atoms with E-state index < -0.39 is 0 Å². The Labute approximate surface area is 188 Å². The van der Waals surface area contributed by atoms with Gasteiger partial charge in [-0.3, -0.25) is 9.59 Å². The van der Waals surface area contributed by atoms with Gasteiger partial charge in [-0.1, -0.05) is 38.1 Å². The SMILES string of the molecule is CCN(CC)CCOc1ccccc1CNC(=O)c1cccc(NC(=O)c2ccco2)c1. The van der Waals surface area contributed by atoms with Crippen LogP contribution >= 0.6 is 0 Å². The highest BCUT2D eigenvalue weighted by atomic mass is 16.5. The fraction of sp³-hybridized carbons (Fsp3) is 0.280. The number of amides is 2. The van der Waals surface area contributed by atoms with Crippen LogP contribution in [0.1, 0.15) is 40.3 Å². The Morgan fingerprint density at radius 1 is 0.969 bits per heavy atom. The second kappa shape index (κ2) is 11.7. The van der Waals surface area contributed by atoms with Gasteiger partial charge in [-0.05, 0) is 49.5 Å². The highest BCUT2D eigenvalue weighted by Gasteiger charge is 2.12. The molecule has 168 valence electrons. The van der Waals surface area contributed by atoms with E-state index in [1.165, 1.54) is 6.26 Å². The standard InChI is InChI=1S/C25H29N3O4/c1-3-28(4-2)14-16-32-22-12-6-5-9-20(22)18-26-24(29)19-10-7-11-21(17-19)27-25(30)23-13-8-15-31-23/h5-13,15,17H,3-4,14,16,18H2,1-2H3,(H,26,29)(H,27,30). The zero-order chi connectivity index (χ0) is 22.8. The Balaban J connectivity index is 1.57. The number of para-hydroxylation sites is 1. The van der Waals surface area contributed by atoms with Gasteiger partial charge in [0.05, 0.1) is 6.26 Å². The molecule has 0 aliphatic heterocycles. The number of ether oxygens (including phenoxy) is 1. The molecule has 3 rings (SSSR count). The molecular formula is C25H29N3O4. The molecular weight excluding hydrogens is 406 g/mol. The molecule has 0 saturated heterocycles. The van der Waals surface area contributed by atoms with Crippen molar-refractivity contribution in [2.24, 2.45) is 0 Å². The lowest BCUT2D eigenvalue weighted by molar-refractivity contribution is 0.0948. The van der Waals surface area contributed by atoms with Crippen LogP contribution in [0.15, 0.2) is 71.3 Å². The summed E-state index contributed by atoms with van der Waals surface area (Å²) in [7, 11) is 0. The summed E-state index contributed by atoms with van der Waals surface area (Å²) >= 11 is 0. The molecule has 0 saturated carbocycles. The van der Waals surface area contributed by atoms with Gasteiger partial charge in [-0.15, -0.1) is 0 Å². The third kappa shape index (κ3) is 6.46. The normalized spacial score (nSPS) is 10.7. The monoisotopic (exact) mass is 435 g/mol. The summed E-state index contributed by atoms with van der Waals surface area (Å²) in [6, 6.07) is 17.7. The average Bonchev–Trinajstić information content (AvgIpc) is 3.36. The van der Waals surface area contributed by atoms with E-state index in [-0.39, 0.29) is 17.6 Å². The topological polar surface area (TPSA) is 83.8 Å². The minimum absolute atomic E-state index is 0.206. The zero-order valence-corrected chi connectivity index (χ0v) is 18.5. The number of nitrogens with zero attached hydrogens (tertiary/aromatic N) is 1. The predicted molar refractivity (Wildman–Crippen MR) is 124 cm³/mol. The first kappa shape index (κ1) is 23.1. The van der Waals surface area contributed by atoms with E-state index in [4.69, 9.17) is 9.15 Å². The van der Waals surface area contributed by atoms with Gasteiger partial charge in [0.25, 0.3) is 11.8 Å². The zero-order valence-electron chi connectivity index (χ0n) is 18.5. The number of anilines is 1. The number of nitrogens with one attached hydrogen (secondary N) is 2. The largest absolute Gasteiger partial charge is 0.492 e. The number of hydrogen-bond donors (Lipinski definition) is 2. The Bertz CT molecular complexity index is 1010. The summed E-state index contributed by atoms with van der Waals surface area (Å²) in [6.45, 7) is 8.00. The molecule has 0 radical (unpaired) electrons. The smallest absolute Gasteiger partial charge is 0.291 e. The summed E-state index contributed by atoms with van der Waals surface area (Å²) in [6.07, 6.45) is 1.43. The van der Waals surface area contributed by atoms with Crippen molar-refractivity contribution in [3.05, 3.63) is 83.8 Å². The molecule has 0 aliphatic rings. The highest BCUT2D eigenvalue weighted by Crippen LogP contribution is 2.18. The second-order valence-corrected chi connectivity index (χ2v) is 7.18. The molecule has 1 heterocycles. The van der Waals surface area contributed by atoms with Gasteiger partial charge in [0.1, 0.15) is 12.4 Å². The van der Waals surface area contributed by atoms with Crippen LogP contribution in [0.25, 0.3) is 0 Å². The lowest BCUT2D eigenvalue weighted by Gasteiger charge is -2.19. The number of rotatable bonds is 11. The molecule has 1 aromatic heterocycles. The lowest BCUT2D eigenvalue weighted by Crippen LogP contribution is -2.28. The van der Waals surface area contributed by atoms with Crippen molar-refractivity contribution in [1.82, 2.24) is 10.2 Å². The van der Waals surface area contributed by atoms with Gasteiger partial charge >= 0.3 is 0 Å². The molecule has 3 aromatic rings. The number of benzene rings is 2. The number of furan rings is 1. The molecule has 2 amide bonds. The Hall–Kier alpha value is -3.58. The maximum atomic E-state index is 12.7. The van der Waals surface area contributed by atoms with Crippen LogP contribution in [0.2, 0.25) is 0 Å². The van der Waals surface area contributed by atoms with E-state index in [0.29, 0.717) is 24.4 Å². The van der Waals surface area contributed by atoms with Crippen LogP contribution in [0.3, 0.4) is 0 Å². The van der Waals surface area contributed by atoms with E-state index in [1.54, 1.807) is 36.4 Å². The summed E-state index contributed by atoms with van der Waals surface area (Å²) in [5.74, 6) is 0.359. The summed E-state index contributed by atoms with van der Waals surface area (Å²) in [5, 5.41) is 5.65. The van der Waals surface area contributed by atoms with Crippen LogP contribution in [-0.2, 0) is 6.54 Å². The van der Waals surface area contributed by atoms with Gasteiger partial charge in [0.2, 0.25) is 0 Å². The summed E-state index contributed by atoms with van der Waals surface area (Å²) in [4.78, 5) is 27.1. The number of hydrogen-bond acceptors (Lipinski definition) is 5. The fourth-order valence-electron chi connectivity index (χ4n) is 3.23. The van der Waals surface area contributed by atoms with Gasteiger partial charge in [0, 0.05) is 29.9 Å². The Kier molecular flexibility index (Phi) is 8.45. The quantitative estimate of drug-likeness (QED) is 0.472. The molecule has 2 aromatic carbocycles. The Morgan fingerprint density at radius 2 is 1.78 bits per heavy atom. The fourth-order valence-corrected chi connectivity index (χ4v) is 3.23. The van der Waals surface area contributed by atoms with Crippen LogP contribution in [-0.4, -0.2) is 43.0 Å². The van der Waals surface area contributed by atoms with Crippen molar-refractivity contribution in [2.45, 2.75) is 20.4 Å². The molecule has 32 heavy (non-hydrogen) atoms. The van der Waals surface area contributed by atoms with Crippen LogP contribution < -0.4 is 15.4 Å². The summed E-state index contributed by atoms with van der Waals surface area (Å²) in [5.41, 5.74) is 1.86. The minimum atomic E-state index is -0.372. The van der Waals surface area contributed by atoms with Gasteiger partial charge in [-0.2, -0.15) is 0 Å². The third-order valence-electron chi connectivity index (χ3n) is 5.10. The maximum Gasteiger partial charge on any atom is 0.291 e. The molecule has 0 fully saturated rings. The third-order valence-corrected chi connectivity index (χ3v) is 5.10. The first-order chi connectivity index (χ1) is 15.6. The van der Waals surface area contributed by atoms with Crippen LogP contribution in [0.4, 0.5) is 5.69 Å². The molecule has 7 heteroatoms. The van der Waals surface area contributed by atoms with E-state index in [2.05, 4.69) is 29.4 Å². The molecule has 0 bridgehead atoms. The molecule has 2 N–H and O–H groups in total. The first-order valence-corrected chi connectivity index (χ1v) is 10.8. The predicted octanol–water partition coefficient (Wildman–Crippen LogP) is 4.18. The van der Waals surface area contributed by atoms with E-state index in [1.807, 2.05) is 24.3 Å². The molecule has 7 nitrogen and oxygen atoms in total. The minimum Gasteiger partial charge on any atom is -0.492 e. The van der Waals surface area contributed by atoms with Crippen LogP contribution in [0.5, 0.6) is 5.75 Å². The lowest BCUT2D eigenvalue weighted by atomic mass is 10.1. The number of carbonyl (C=O) groups excluding carboxylic acids is 2. The van der Waals surface area contributed by atoms with E-state index in [9.17, 15) is 9.59 Å². The van der Waals surface area contributed by atoms with Gasteiger partial charge < -0.3 is 24.7 Å². The van der Waals surface area contributed by atoms with Gasteiger partial charge in [0.15, 0.2) is 5.76 Å². The second-order valence-electron chi connectivity index (χ2n) is 7.18. The van der Waals surface area contributed by atoms with Crippen molar-refractivity contribution in [3.63, 3.8) is 0 Å². The van der Waals surface area contributed by atoms with E-state index in [0.717, 1.165) is 30.9 Å². The van der Waals surface area contributed by atoms with Gasteiger partial charge in [-0.25, -0.2) is 0 Å². The van der Waals surface area contributed by atoms with Crippen LogP contribution in [0, 0.1) is 0 Å². The van der Waals surface area contributed by atoms with Crippen molar-refractivity contribution in [1.29, 1.82) is 0 Å². The number of carbonyl (C=O) groups is 2. The summed E-state index contributed by atoms with van der Waals surface area (Å²) < 4.78 is 11.0. The molecule has 0 aliphatic carbocycles. The van der Waals surface area contributed by atoms with Crippen molar-refractivity contribution >= 4 is 17.5 Å². The van der Waals surface area contributed by atoms with Crippen molar-refractivity contribution in [3.8, 4) is 5.75 Å². The molecule has 0 atom stereocenters. The van der Waals surface area contributed by atoms with Crippen molar-refractivity contribution in [2.75, 3.05) is 31.6 Å².